The van der Waals surface area contributed by atoms with Crippen LogP contribution in [-0.2, 0) is 9.08 Å². The predicted octanol–water partition coefficient (Wildman–Crippen LogP) is -0.0595. The van der Waals surface area contributed by atoms with Gasteiger partial charge < -0.3 is 10.0 Å². The van der Waals surface area contributed by atoms with Crippen molar-refractivity contribution in [3.05, 3.63) is 0 Å². The Hall–Kier alpha value is 0.0700. The summed E-state index contributed by atoms with van der Waals surface area (Å²) in [7, 11) is 0. The van der Waals surface area contributed by atoms with Crippen molar-refractivity contribution in [1.82, 2.24) is 0 Å². The molecule has 8 heavy (non-hydrogen) atoms. The van der Waals surface area contributed by atoms with Crippen LogP contribution in [0.5, 0.6) is 0 Å². The van der Waals surface area contributed by atoms with E-state index in [1.54, 1.807) is 0 Å². The van der Waals surface area contributed by atoms with Crippen LogP contribution >= 0.6 is 24.5 Å². The highest BCUT2D eigenvalue weighted by Crippen LogP contribution is 1.89. The Morgan fingerprint density at radius 2 is 2.50 bits per heavy atom. The molecule has 1 unspecified atom stereocenters. The minimum absolute atomic E-state index is 0.242. The van der Waals surface area contributed by atoms with E-state index in [0.717, 1.165) is 0 Å². The quantitative estimate of drug-likeness (QED) is 0.550. The molecule has 1 atom stereocenters. The van der Waals surface area contributed by atoms with E-state index in [-0.39, 0.29) is 5.75 Å². The van der Waals surface area contributed by atoms with Gasteiger partial charge in [-0.05, 0) is 0 Å². The maximum absolute atomic E-state index is 10.2. The average molecular weight is 156 g/mol. The fourth-order valence-electron chi connectivity index (χ4n) is 0.132. The molecule has 0 radical (unpaired) electrons. The third kappa shape index (κ3) is 2.40. The highest BCUT2D eigenvalue weighted by molar-refractivity contribution is 7.80. The first-order valence-corrected chi connectivity index (χ1v) is 2.85. The van der Waals surface area contributed by atoms with Gasteiger partial charge in [0.25, 0.3) is 0 Å². The first kappa shape index (κ1) is 8.07. The summed E-state index contributed by atoms with van der Waals surface area (Å²) in [6.07, 6.45) is 0. The number of hydrogen-bond acceptors (Lipinski definition) is 4. The van der Waals surface area contributed by atoms with Gasteiger partial charge in [0.1, 0.15) is 17.9 Å². The summed E-state index contributed by atoms with van der Waals surface area (Å²) in [5.74, 6) is -0.410. The summed E-state index contributed by atoms with van der Waals surface area (Å²) < 4.78 is 3.76. The third-order valence-electron chi connectivity index (χ3n) is 0.575. The molecule has 3 nitrogen and oxygen atoms in total. The lowest BCUT2D eigenvalue weighted by molar-refractivity contribution is -0.134. The number of rotatable bonds is 2. The van der Waals surface area contributed by atoms with Crippen molar-refractivity contribution >= 4 is 30.5 Å². The second-order valence-electron chi connectivity index (χ2n) is 1.19. The topological polar surface area (TPSA) is 52.3 Å². The lowest BCUT2D eigenvalue weighted by Crippen LogP contribution is -2.32. The Labute approximate surface area is 57.7 Å². The molecular formula is C3H6ClNO2S. The highest BCUT2D eigenvalue weighted by Gasteiger charge is 2.11. The summed E-state index contributed by atoms with van der Waals surface area (Å²) >= 11 is 8.39. The van der Waals surface area contributed by atoms with E-state index in [1.165, 1.54) is 0 Å². The maximum Gasteiger partial charge on any atom is 0.342 e. The minimum Gasteiger partial charge on any atom is -0.346 e. The lowest BCUT2D eigenvalue weighted by atomic mass is 10.4. The molecule has 0 aliphatic heterocycles. The Bertz CT molecular complexity index is 89.4. The number of halogens is 1. The van der Waals surface area contributed by atoms with Crippen LogP contribution in [0.25, 0.3) is 0 Å². The average Bonchev–Trinajstić information content (AvgIpc) is 1.84. The SMILES string of the molecule is NC(CS)C(=O)OCl. The van der Waals surface area contributed by atoms with Gasteiger partial charge >= 0.3 is 5.97 Å². The van der Waals surface area contributed by atoms with Gasteiger partial charge in [-0.15, -0.1) is 0 Å². The smallest absolute Gasteiger partial charge is 0.342 e. The first-order valence-electron chi connectivity index (χ1n) is 1.91. The van der Waals surface area contributed by atoms with Crippen molar-refractivity contribution in [2.24, 2.45) is 5.73 Å². The monoisotopic (exact) mass is 155 g/mol. The molecule has 0 aromatic heterocycles. The zero-order valence-electron chi connectivity index (χ0n) is 4.00. The van der Waals surface area contributed by atoms with E-state index in [9.17, 15) is 4.79 Å². The zero-order valence-corrected chi connectivity index (χ0v) is 5.65. The predicted molar refractivity (Wildman–Crippen MR) is 33.8 cm³/mol. The molecule has 0 aromatic carbocycles. The van der Waals surface area contributed by atoms with Gasteiger partial charge in [0.15, 0.2) is 0 Å². The fourth-order valence-corrected chi connectivity index (χ4v) is 0.395. The molecule has 0 saturated heterocycles. The van der Waals surface area contributed by atoms with E-state index in [2.05, 4.69) is 28.8 Å². The van der Waals surface area contributed by atoms with Crippen LogP contribution in [-0.4, -0.2) is 17.8 Å². The Kier molecular flexibility index (Phi) is 4.03. The third-order valence-corrected chi connectivity index (χ3v) is 1.12. The molecule has 0 fully saturated rings. The van der Waals surface area contributed by atoms with Crippen LogP contribution in [0.4, 0.5) is 0 Å². The van der Waals surface area contributed by atoms with E-state index in [4.69, 9.17) is 5.73 Å². The molecule has 0 bridgehead atoms. The van der Waals surface area contributed by atoms with Crippen LogP contribution < -0.4 is 5.73 Å². The first-order chi connectivity index (χ1) is 3.72. The Balaban J connectivity index is 3.46. The molecule has 2 N–H and O–H groups in total. The molecule has 0 heterocycles. The van der Waals surface area contributed by atoms with Crippen LogP contribution in [0.3, 0.4) is 0 Å². The van der Waals surface area contributed by atoms with Gasteiger partial charge in [-0.3, -0.25) is 0 Å². The number of carbonyl (C=O) groups is 1. The molecule has 0 aromatic rings. The van der Waals surface area contributed by atoms with Crippen LogP contribution in [0, 0.1) is 0 Å². The van der Waals surface area contributed by atoms with Gasteiger partial charge in [-0.1, -0.05) is 0 Å². The van der Waals surface area contributed by atoms with Crippen molar-refractivity contribution in [3.63, 3.8) is 0 Å². The standard InChI is InChI=1S/C3H6ClNO2S/c4-7-3(6)2(5)1-8/h2,8H,1,5H2. The molecule has 0 amide bonds. The molecule has 0 rings (SSSR count). The Morgan fingerprint density at radius 3 is 2.62 bits per heavy atom. The summed E-state index contributed by atoms with van der Waals surface area (Å²) in [6.45, 7) is 0. The molecule has 0 saturated carbocycles. The second-order valence-corrected chi connectivity index (χ2v) is 1.70. The molecule has 0 aliphatic rings. The number of thiol groups is 1. The normalized spacial score (nSPS) is 12.9. The van der Waals surface area contributed by atoms with Crippen molar-refractivity contribution in [2.45, 2.75) is 6.04 Å². The van der Waals surface area contributed by atoms with E-state index in [0.29, 0.717) is 0 Å². The van der Waals surface area contributed by atoms with Crippen LogP contribution in [0.1, 0.15) is 0 Å². The fraction of sp³-hybridized carbons (Fsp3) is 0.667. The maximum atomic E-state index is 10.2. The zero-order chi connectivity index (χ0) is 6.57. The molecule has 48 valence electrons. The van der Waals surface area contributed by atoms with Gasteiger partial charge in [0.05, 0.1) is 0 Å². The van der Waals surface area contributed by atoms with E-state index < -0.39 is 12.0 Å². The summed E-state index contributed by atoms with van der Waals surface area (Å²) in [5.41, 5.74) is 5.09. The Morgan fingerprint density at radius 1 is 2.00 bits per heavy atom. The summed E-state index contributed by atoms with van der Waals surface area (Å²) in [5, 5.41) is 0. The molecular weight excluding hydrogens is 150 g/mol. The minimum atomic E-state index is -0.712. The van der Waals surface area contributed by atoms with Crippen LogP contribution in [0.2, 0.25) is 0 Å². The van der Waals surface area contributed by atoms with Crippen molar-refractivity contribution in [3.8, 4) is 0 Å². The van der Waals surface area contributed by atoms with E-state index >= 15 is 0 Å². The van der Waals surface area contributed by atoms with Crippen LogP contribution in [0.15, 0.2) is 0 Å². The van der Waals surface area contributed by atoms with Crippen molar-refractivity contribution in [2.75, 3.05) is 5.75 Å². The summed E-state index contributed by atoms with van der Waals surface area (Å²) in [6, 6.07) is -0.712. The van der Waals surface area contributed by atoms with Gasteiger partial charge in [0.2, 0.25) is 0 Å². The second kappa shape index (κ2) is 4.00. The van der Waals surface area contributed by atoms with Gasteiger partial charge in [0, 0.05) is 5.75 Å². The van der Waals surface area contributed by atoms with Crippen molar-refractivity contribution in [1.29, 1.82) is 0 Å². The largest absolute Gasteiger partial charge is 0.346 e. The van der Waals surface area contributed by atoms with Gasteiger partial charge in [-0.25, -0.2) is 4.79 Å². The number of carbonyl (C=O) groups excluding carboxylic acids is 1. The molecule has 0 aliphatic carbocycles. The number of hydrogen-bond donors (Lipinski definition) is 2. The van der Waals surface area contributed by atoms with Gasteiger partial charge in [-0.2, -0.15) is 12.6 Å². The summed E-state index contributed by atoms with van der Waals surface area (Å²) in [4.78, 5) is 10.2. The lowest BCUT2D eigenvalue weighted by Gasteiger charge is -1.99. The highest BCUT2D eigenvalue weighted by atomic mass is 35.5. The molecule has 5 heteroatoms. The van der Waals surface area contributed by atoms with E-state index in [1.807, 2.05) is 0 Å². The number of nitrogens with two attached hydrogens (primary N) is 1. The molecule has 0 spiro atoms. The van der Waals surface area contributed by atoms with Crippen molar-refractivity contribution < 1.29 is 9.08 Å².